The molecule has 0 fully saturated rings. The second-order valence-corrected chi connectivity index (χ2v) is 9.05. The molecular weight excluding hydrogens is 568 g/mol. The molecule has 0 aliphatic rings. The fourth-order valence-corrected chi connectivity index (χ4v) is 3.58. The highest BCUT2D eigenvalue weighted by molar-refractivity contribution is 6.44. The van der Waals surface area contributed by atoms with Gasteiger partial charge in [0.25, 0.3) is 0 Å². The van der Waals surface area contributed by atoms with Crippen LogP contribution in [0.2, 0.25) is 0 Å². The maximum atomic E-state index is 12.2. The van der Waals surface area contributed by atoms with Crippen molar-refractivity contribution in [1.29, 1.82) is 0 Å². The average molecular weight is 595 g/mol. The highest BCUT2D eigenvalue weighted by Crippen LogP contribution is 2.19. The monoisotopic (exact) mass is 594 g/mol. The van der Waals surface area contributed by atoms with E-state index in [0.29, 0.717) is 22.7 Å². The van der Waals surface area contributed by atoms with Crippen LogP contribution in [0.25, 0.3) is 0 Å². The third-order valence-corrected chi connectivity index (χ3v) is 5.70. The van der Waals surface area contributed by atoms with Gasteiger partial charge in [-0.1, -0.05) is 36.4 Å². The van der Waals surface area contributed by atoms with Crippen molar-refractivity contribution in [2.75, 3.05) is 21.3 Å². The Labute approximate surface area is 251 Å². The predicted octanol–water partition coefficient (Wildman–Crippen LogP) is 4.13. The molecule has 0 aromatic heterocycles. The Balaban J connectivity index is 1.16. The first kappa shape index (κ1) is 30.7. The standard InChI is InChI=1S/C32H26N4O8/c37-27(43-25-15-11-23(12-16-25)35-31(41)29(39)33-21-7-3-1-4-8-21)19-20-28(38)44-26-17-13-24(14-18-26)36-32(42)30(40)34-22-9-5-2-6-10-22/h1-18H,19-20H2,(H,33,39)(H,34,40)(H,35,41)(H,36,42). The molecule has 222 valence electrons. The van der Waals surface area contributed by atoms with Crippen LogP contribution in [0.3, 0.4) is 0 Å². The maximum absolute atomic E-state index is 12.2. The van der Waals surface area contributed by atoms with Gasteiger partial charge < -0.3 is 30.7 Å². The Morgan fingerprint density at radius 3 is 0.955 bits per heavy atom. The van der Waals surface area contributed by atoms with E-state index in [9.17, 15) is 28.8 Å². The smallest absolute Gasteiger partial charge is 0.314 e. The van der Waals surface area contributed by atoms with E-state index in [1.54, 1.807) is 60.7 Å². The van der Waals surface area contributed by atoms with E-state index < -0.39 is 35.6 Å². The lowest BCUT2D eigenvalue weighted by Crippen LogP contribution is -2.29. The Bertz CT molecular complexity index is 1520. The van der Waals surface area contributed by atoms with E-state index in [1.807, 2.05) is 0 Å². The summed E-state index contributed by atoms with van der Waals surface area (Å²) in [5, 5.41) is 9.82. The molecule has 4 rings (SSSR count). The summed E-state index contributed by atoms with van der Waals surface area (Å²) >= 11 is 0. The number of carbonyl (C=O) groups is 6. The largest absolute Gasteiger partial charge is 0.427 e. The third kappa shape index (κ3) is 9.66. The minimum atomic E-state index is -0.872. The van der Waals surface area contributed by atoms with Crippen LogP contribution < -0.4 is 30.7 Å². The summed E-state index contributed by atoms with van der Waals surface area (Å²) in [6, 6.07) is 28.5. The SMILES string of the molecule is O=C(CCC(=O)Oc1ccc(NC(=O)C(=O)Nc2ccccc2)cc1)Oc1ccc(NC(=O)C(=O)Nc2ccccc2)cc1. The zero-order valence-corrected chi connectivity index (χ0v) is 23.1. The summed E-state index contributed by atoms with van der Waals surface area (Å²) < 4.78 is 10.4. The summed E-state index contributed by atoms with van der Waals surface area (Å²) in [6.45, 7) is 0. The fourth-order valence-electron chi connectivity index (χ4n) is 3.58. The summed E-state index contributed by atoms with van der Waals surface area (Å²) in [4.78, 5) is 72.7. The third-order valence-electron chi connectivity index (χ3n) is 5.70. The number of esters is 2. The summed E-state index contributed by atoms with van der Waals surface area (Å²) in [5.41, 5.74) is 1.57. The van der Waals surface area contributed by atoms with Gasteiger partial charge in [-0.25, -0.2) is 0 Å². The number of hydrogen-bond donors (Lipinski definition) is 4. The molecule has 0 radical (unpaired) electrons. The van der Waals surface area contributed by atoms with Gasteiger partial charge in [0.05, 0.1) is 12.8 Å². The first-order chi connectivity index (χ1) is 21.2. The highest BCUT2D eigenvalue weighted by Gasteiger charge is 2.16. The molecule has 0 spiro atoms. The van der Waals surface area contributed by atoms with E-state index in [-0.39, 0.29) is 24.3 Å². The number of para-hydroxylation sites is 2. The number of ether oxygens (including phenoxy) is 2. The number of nitrogens with one attached hydrogen (secondary N) is 4. The van der Waals surface area contributed by atoms with E-state index >= 15 is 0 Å². The highest BCUT2D eigenvalue weighted by atomic mass is 16.5. The van der Waals surface area contributed by atoms with Gasteiger partial charge in [0, 0.05) is 22.7 Å². The van der Waals surface area contributed by atoms with Crippen LogP contribution in [-0.4, -0.2) is 35.6 Å². The van der Waals surface area contributed by atoms with Gasteiger partial charge in [0.15, 0.2) is 0 Å². The van der Waals surface area contributed by atoms with Gasteiger partial charge in [0.1, 0.15) is 11.5 Å². The molecule has 4 amide bonds. The van der Waals surface area contributed by atoms with E-state index in [2.05, 4.69) is 21.3 Å². The molecule has 0 unspecified atom stereocenters. The average Bonchev–Trinajstić information content (AvgIpc) is 3.03. The van der Waals surface area contributed by atoms with Gasteiger partial charge in [0.2, 0.25) is 0 Å². The Morgan fingerprint density at radius 1 is 0.386 bits per heavy atom. The van der Waals surface area contributed by atoms with Crippen LogP contribution in [0.4, 0.5) is 22.7 Å². The molecule has 12 nitrogen and oxygen atoms in total. The molecule has 0 bridgehead atoms. The van der Waals surface area contributed by atoms with Crippen LogP contribution >= 0.6 is 0 Å². The number of amides is 4. The van der Waals surface area contributed by atoms with E-state index in [1.165, 1.54) is 48.5 Å². The minimum Gasteiger partial charge on any atom is -0.427 e. The maximum Gasteiger partial charge on any atom is 0.314 e. The molecule has 0 atom stereocenters. The Kier molecular flexibility index (Phi) is 10.5. The molecular formula is C32H26N4O8. The second-order valence-electron chi connectivity index (χ2n) is 9.05. The van der Waals surface area contributed by atoms with Gasteiger partial charge in [-0.3, -0.25) is 28.8 Å². The first-order valence-electron chi connectivity index (χ1n) is 13.2. The minimum absolute atomic E-state index is 0.171. The Morgan fingerprint density at radius 2 is 0.659 bits per heavy atom. The quantitative estimate of drug-likeness (QED) is 0.127. The first-order valence-corrected chi connectivity index (χ1v) is 13.2. The number of rotatable bonds is 9. The van der Waals surface area contributed by atoms with Gasteiger partial charge in [-0.2, -0.15) is 0 Å². The van der Waals surface area contributed by atoms with E-state index in [0.717, 1.165) is 0 Å². The fraction of sp³-hybridized carbons (Fsp3) is 0.0625. The zero-order chi connectivity index (χ0) is 31.3. The van der Waals surface area contributed by atoms with Crippen molar-refractivity contribution < 1.29 is 38.2 Å². The number of benzene rings is 4. The molecule has 12 heteroatoms. The number of anilines is 4. The van der Waals surface area contributed by atoms with E-state index in [4.69, 9.17) is 9.47 Å². The van der Waals surface area contributed by atoms with Crippen molar-refractivity contribution in [1.82, 2.24) is 0 Å². The topological polar surface area (TPSA) is 169 Å². The van der Waals surface area contributed by atoms with Crippen LogP contribution in [0.1, 0.15) is 12.8 Å². The van der Waals surface area contributed by atoms with Crippen LogP contribution in [-0.2, 0) is 28.8 Å². The lowest BCUT2D eigenvalue weighted by molar-refractivity contribution is -0.140. The molecule has 44 heavy (non-hydrogen) atoms. The predicted molar refractivity (Wildman–Crippen MR) is 161 cm³/mol. The molecule has 0 aliphatic heterocycles. The van der Waals surface area contributed by atoms with Crippen molar-refractivity contribution in [2.24, 2.45) is 0 Å². The lowest BCUT2D eigenvalue weighted by Gasteiger charge is -2.09. The normalized spacial score (nSPS) is 10.1. The summed E-state index contributed by atoms with van der Waals surface area (Å²) in [7, 11) is 0. The van der Waals surface area contributed by atoms with Gasteiger partial charge in [-0.05, 0) is 72.8 Å². The zero-order valence-electron chi connectivity index (χ0n) is 23.1. The lowest BCUT2D eigenvalue weighted by atomic mass is 10.2. The van der Waals surface area contributed by atoms with Crippen LogP contribution in [0, 0.1) is 0 Å². The number of carbonyl (C=O) groups excluding carboxylic acids is 6. The van der Waals surface area contributed by atoms with Crippen LogP contribution in [0.15, 0.2) is 109 Å². The molecule has 0 saturated heterocycles. The number of hydrogen-bond acceptors (Lipinski definition) is 8. The molecule has 0 aliphatic carbocycles. The molecule has 4 aromatic carbocycles. The van der Waals surface area contributed by atoms with Crippen molar-refractivity contribution in [3.05, 3.63) is 109 Å². The van der Waals surface area contributed by atoms with Crippen molar-refractivity contribution in [3.63, 3.8) is 0 Å². The second kappa shape index (κ2) is 15.1. The molecule has 0 heterocycles. The van der Waals surface area contributed by atoms with Crippen molar-refractivity contribution >= 4 is 58.3 Å². The molecule has 4 N–H and O–H groups in total. The van der Waals surface area contributed by atoms with Gasteiger partial charge in [-0.15, -0.1) is 0 Å². The van der Waals surface area contributed by atoms with Crippen molar-refractivity contribution in [3.8, 4) is 11.5 Å². The molecule has 4 aromatic rings. The van der Waals surface area contributed by atoms with Crippen LogP contribution in [0.5, 0.6) is 11.5 Å². The summed E-state index contributed by atoms with van der Waals surface area (Å²) in [5.74, 6) is -4.46. The van der Waals surface area contributed by atoms with Gasteiger partial charge >= 0.3 is 35.6 Å². The Hall–Kier alpha value is -6.30. The van der Waals surface area contributed by atoms with Crippen molar-refractivity contribution in [2.45, 2.75) is 12.8 Å². The summed E-state index contributed by atoms with van der Waals surface area (Å²) in [6.07, 6.45) is -0.525. The molecule has 0 saturated carbocycles.